The van der Waals surface area contributed by atoms with Crippen molar-refractivity contribution in [2.75, 3.05) is 0 Å². The molecule has 0 N–H and O–H groups in total. The van der Waals surface area contributed by atoms with Gasteiger partial charge < -0.3 is 0 Å². The predicted molar refractivity (Wildman–Crippen MR) is 131 cm³/mol. The molecule has 0 spiro atoms. The lowest BCUT2D eigenvalue weighted by Gasteiger charge is -1.93. The maximum absolute atomic E-state index is 2.29. The first kappa shape index (κ1) is 19.2. The van der Waals surface area contributed by atoms with Gasteiger partial charge in [-0.05, 0) is 0 Å². The zero-order chi connectivity index (χ0) is 13.3. The van der Waals surface area contributed by atoms with E-state index < -0.39 is 0 Å². The molecule has 0 unspecified atom stereocenters. The van der Waals surface area contributed by atoms with E-state index in [1.165, 1.54) is 113 Å². The van der Waals surface area contributed by atoms with Crippen molar-refractivity contribution < 1.29 is 0 Å². The number of hydrogen-bond acceptors (Lipinski definition) is 0. The van der Waals surface area contributed by atoms with Crippen molar-refractivity contribution in [1.82, 2.24) is 0 Å². The van der Waals surface area contributed by atoms with Crippen LogP contribution in [0.15, 0.2) is 0 Å². The SMILES string of the molecule is BBBBBBBBBBBBBBBBBB. The normalized spacial score (nSPS) is 7.33. The zero-order valence-corrected chi connectivity index (χ0v) is 13.3. The van der Waals surface area contributed by atoms with E-state index >= 15 is 0 Å². The highest BCUT2D eigenvalue weighted by Gasteiger charge is 2.02. The minimum Gasteiger partial charge on any atom is 0.0379 e. The molecular weight excluding hydrogens is 195 g/mol. The molecule has 18 heavy (non-hydrogen) atoms. The monoisotopic (exact) mass is 218 g/mol. The second kappa shape index (κ2) is 18.2. The summed E-state index contributed by atoms with van der Waals surface area (Å²) < 4.78 is 0. The van der Waals surface area contributed by atoms with Crippen LogP contribution in [-0.2, 0) is 0 Å². The average molecular weight is 215 g/mol. The quantitative estimate of drug-likeness (QED) is 0.188. The molecule has 0 amide bonds. The molecule has 0 aliphatic heterocycles. The largest absolute Gasteiger partial charge is 0.0597 e. The van der Waals surface area contributed by atoms with Gasteiger partial charge in [0.05, 0.1) is 15.5 Å². The van der Waals surface area contributed by atoms with Gasteiger partial charge in [-0.25, -0.2) is 0 Å². The molecule has 0 radical (unpaired) electrons. The van der Waals surface area contributed by atoms with Crippen molar-refractivity contribution in [3.05, 3.63) is 0 Å². The first-order valence-corrected chi connectivity index (χ1v) is 8.91. The molecule has 0 rings (SSSR count). The lowest BCUT2D eigenvalue weighted by atomic mass is 8.84. The van der Waals surface area contributed by atoms with Gasteiger partial charge in [-0.3, -0.25) is 0 Å². The second-order valence-electron chi connectivity index (χ2n) is 5.95. The highest BCUT2D eigenvalue weighted by molar-refractivity contribution is 7.74. The van der Waals surface area contributed by atoms with Gasteiger partial charge in [0, 0.05) is 113 Å². The molecule has 0 saturated carbocycles. The van der Waals surface area contributed by atoms with Crippen LogP contribution in [0.5, 0.6) is 0 Å². The van der Waals surface area contributed by atoms with Crippen LogP contribution in [0.1, 0.15) is 0 Å². The molecule has 0 saturated heterocycles. The van der Waals surface area contributed by atoms with E-state index in [0.29, 0.717) is 0 Å². The minimum absolute atomic E-state index is 1.37. The molecule has 74 valence electrons. The summed E-state index contributed by atoms with van der Waals surface area (Å²) in [4.78, 5) is 0. The third-order valence-electron chi connectivity index (χ3n) is 3.96. The van der Waals surface area contributed by atoms with Gasteiger partial charge in [0.1, 0.15) is 0 Å². The summed E-state index contributed by atoms with van der Waals surface area (Å²) >= 11 is 0. The van der Waals surface area contributed by atoms with Crippen LogP contribution in [0.3, 0.4) is 0 Å². The first-order chi connectivity index (χ1) is 8.91. The van der Waals surface area contributed by atoms with Crippen molar-refractivity contribution in [1.29, 1.82) is 0 Å². The molecule has 0 aromatic rings. The fraction of sp³-hybridized carbons (Fsp3) is 0. The highest BCUT2D eigenvalue weighted by Crippen LogP contribution is 1.60. The second-order valence-corrected chi connectivity index (χ2v) is 5.95. The van der Waals surface area contributed by atoms with Gasteiger partial charge >= 0.3 is 0 Å². The minimum atomic E-state index is 1.37. The number of rotatable bonds is 15. The van der Waals surface area contributed by atoms with E-state index in [2.05, 4.69) is 15.5 Å². The molecule has 0 bridgehead atoms. The van der Waals surface area contributed by atoms with E-state index in [-0.39, 0.29) is 0 Å². The summed E-state index contributed by atoms with van der Waals surface area (Å²) in [6, 6.07) is 0. The Morgan fingerprint density at radius 3 is 0.611 bits per heavy atom. The molecule has 0 aliphatic rings. The number of hydrogen-bond donors (Lipinski definition) is 0. The Morgan fingerprint density at radius 1 is 0.278 bits per heavy atom. The van der Waals surface area contributed by atoms with Gasteiger partial charge in [-0.2, -0.15) is 0 Å². The fourth-order valence-corrected chi connectivity index (χ4v) is 2.62. The molecule has 0 atom stereocenters. The fourth-order valence-electron chi connectivity index (χ4n) is 2.62. The summed E-state index contributed by atoms with van der Waals surface area (Å²) in [6.45, 7) is 0. The Balaban J connectivity index is 2.86. The van der Waals surface area contributed by atoms with E-state index in [4.69, 9.17) is 0 Å². The lowest BCUT2D eigenvalue weighted by Crippen LogP contribution is -2.35. The first-order valence-electron chi connectivity index (χ1n) is 8.91. The Morgan fingerprint density at radius 2 is 0.444 bits per heavy atom. The van der Waals surface area contributed by atoms with Crippen LogP contribution < -0.4 is 0 Å². The van der Waals surface area contributed by atoms with Crippen LogP contribution in [-0.4, -0.2) is 128 Å². The highest BCUT2D eigenvalue weighted by atomic mass is 12.8. The smallest absolute Gasteiger partial charge is 0.0379 e. The molecule has 0 nitrogen and oxygen atoms in total. The summed E-state index contributed by atoms with van der Waals surface area (Å²) in [7, 11) is 28.0. The van der Waals surface area contributed by atoms with Crippen LogP contribution in [0, 0.1) is 0 Å². The van der Waals surface area contributed by atoms with Crippen LogP contribution >= 0.6 is 0 Å². The molecule has 0 fully saturated rings. The van der Waals surface area contributed by atoms with E-state index in [0.717, 1.165) is 0 Å². The molecule has 0 aromatic carbocycles. The van der Waals surface area contributed by atoms with Gasteiger partial charge in [0.2, 0.25) is 0 Å². The van der Waals surface area contributed by atoms with E-state index in [9.17, 15) is 0 Å². The van der Waals surface area contributed by atoms with Gasteiger partial charge in [-0.15, -0.1) is 0 Å². The van der Waals surface area contributed by atoms with Crippen molar-refractivity contribution in [2.45, 2.75) is 0 Å². The zero-order valence-electron chi connectivity index (χ0n) is 13.3. The topological polar surface area (TPSA) is 0 Å². The van der Waals surface area contributed by atoms with Crippen LogP contribution in [0.2, 0.25) is 0 Å². The van der Waals surface area contributed by atoms with Crippen LogP contribution in [0.25, 0.3) is 0 Å². The van der Waals surface area contributed by atoms with Gasteiger partial charge in [0.25, 0.3) is 0 Å². The average Bonchev–Trinajstić information content (AvgIpc) is 2.39. The summed E-state index contributed by atoms with van der Waals surface area (Å²) in [5.74, 6) is 0. The molecule has 18 heteroatoms. The van der Waals surface area contributed by atoms with E-state index in [1.807, 2.05) is 0 Å². The maximum Gasteiger partial charge on any atom is 0.0597 e. The maximum atomic E-state index is 2.29. The Kier molecular flexibility index (Phi) is 19.3. The Hall–Kier alpha value is 1.17. The molecular formula is H20B18. The summed E-state index contributed by atoms with van der Waals surface area (Å²) in [6.07, 6.45) is 0. The van der Waals surface area contributed by atoms with Crippen molar-refractivity contribution in [3.63, 3.8) is 0 Å². The van der Waals surface area contributed by atoms with Gasteiger partial charge in [-0.1, -0.05) is 0 Å². The molecule has 0 aromatic heterocycles. The predicted octanol–water partition coefficient (Wildman–Crippen LogP) is -12.2. The summed E-state index contributed by atoms with van der Waals surface area (Å²) in [5, 5.41) is 0. The van der Waals surface area contributed by atoms with E-state index in [1.54, 1.807) is 0 Å². The van der Waals surface area contributed by atoms with Gasteiger partial charge in [0.15, 0.2) is 0 Å². The van der Waals surface area contributed by atoms with Crippen LogP contribution in [0.4, 0.5) is 0 Å². The summed E-state index contributed by atoms with van der Waals surface area (Å²) in [5.41, 5.74) is 0. The van der Waals surface area contributed by atoms with Crippen molar-refractivity contribution in [2.24, 2.45) is 0 Å². The Labute approximate surface area is 128 Å². The Bertz CT molecular complexity index is 112. The molecule has 0 heterocycles. The third kappa shape index (κ3) is 17.2. The third-order valence-corrected chi connectivity index (χ3v) is 3.96. The standard InChI is InChI=1S/B18H20/c1-3-5-7-9-11-13-15-17-18-16-14-12-10-8-6-4-2/h3-18H,1-2H2. The molecule has 0 aliphatic carbocycles. The van der Waals surface area contributed by atoms with Crippen molar-refractivity contribution in [3.8, 4) is 0 Å². The van der Waals surface area contributed by atoms with Crippen molar-refractivity contribution >= 4 is 128 Å². The lowest BCUT2D eigenvalue weighted by molar-refractivity contribution is 3.78.